The zero-order valence-electron chi connectivity index (χ0n) is 14.5. The number of ether oxygens (including phenoxy) is 1. The van der Waals surface area contributed by atoms with Gasteiger partial charge in [0.1, 0.15) is 16.9 Å². The predicted molar refractivity (Wildman–Crippen MR) is 96.3 cm³/mol. The van der Waals surface area contributed by atoms with Gasteiger partial charge in [-0.15, -0.1) is 0 Å². The van der Waals surface area contributed by atoms with Gasteiger partial charge in [0.05, 0.1) is 30.9 Å². The van der Waals surface area contributed by atoms with E-state index < -0.39 is 5.97 Å². The first-order valence-corrected chi connectivity index (χ1v) is 8.50. The molecule has 1 amide bonds. The van der Waals surface area contributed by atoms with E-state index in [2.05, 4.69) is 5.10 Å². The molecule has 5 rings (SSSR count). The summed E-state index contributed by atoms with van der Waals surface area (Å²) in [5.74, 6) is 0.0709. The van der Waals surface area contributed by atoms with Crippen LogP contribution < -0.4 is 0 Å². The summed E-state index contributed by atoms with van der Waals surface area (Å²) in [5, 5.41) is 5.05. The van der Waals surface area contributed by atoms with Crippen LogP contribution in [-0.2, 0) is 17.8 Å². The van der Waals surface area contributed by atoms with Gasteiger partial charge in [0.15, 0.2) is 0 Å². The second-order valence-corrected chi connectivity index (χ2v) is 6.47. The molecule has 27 heavy (non-hydrogen) atoms. The van der Waals surface area contributed by atoms with Crippen LogP contribution >= 0.6 is 0 Å². The van der Waals surface area contributed by atoms with Gasteiger partial charge in [0.2, 0.25) is 0 Å². The van der Waals surface area contributed by atoms with Crippen molar-refractivity contribution in [3.05, 3.63) is 71.2 Å². The molecule has 7 nitrogen and oxygen atoms in total. The van der Waals surface area contributed by atoms with Crippen LogP contribution in [0.1, 0.15) is 32.0 Å². The minimum atomic E-state index is -0.452. The number of benzene rings is 1. The molecule has 0 aliphatic carbocycles. The Kier molecular flexibility index (Phi) is 3.30. The van der Waals surface area contributed by atoms with Crippen LogP contribution in [0.2, 0.25) is 0 Å². The molecular formula is C20H15N3O4. The Bertz CT molecular complexity index is 1220. The highest BCUT2D eigenvalue weighted by Crippen LogP contribution is 2.29. The number of amides is 1. The largest absolute Gasteiger partial charge is 0.465 e. The summed E-state index contributed by atoms with van der Waals surface area (Å²) < 4.78 is 12.4. The van der Waals surface area contributed by atoms with Crippen LogP contribution in [0.15, 0.2) is 53.2 Å². The van der Waals surface area contributed by atoms with Crippen LogP contribution in [0.3, 0.4) is 0 Å². The third-order valence-electron chi connectivity index (χ3n) is 4.85. The van der Waals surface area contributed by atoms with Gasteiger partial charge in [0, 0.05) is 18.1 Å². The van der Waals surface area contributed by atoms with Crippen LogP contribution in [0, 0.1) is 0 Å². The molecule has 0 N–H and O–H groups in total. The normalized spacial score (nSPS) is 13.5. The first-order valence-electron chi connectivity index (χ1n) is 8.50. The lowest BCUT2D eigenvalue weighted by atomic mass is 10.1. The number of methoxy groups -OCH3 is 1. The van der Waals surface area contributed by atoms with Gasteiger partial charge in [-0.1, -0.05) is 18.2 Å². The summed E-state index contributed by atoms with van der Waals surface area (Å²) >= 11 is 0. The number of furan rings is 1. The quantitative estimate of drug-likeness (QED) is 0.524. The molecule has 7 heteroatoms. The van der Waals surface area contributed by atoms with Gasteiger partial charge in [-0.3, -0.25) is 4.79 Å². The molecule has 1 aromatic carbocycles. The van der Waals surface area contributed by atoms with Gasteiger partial charge < -0.3 is 14.1 Å². The molecule has 1 aliphatic heterocycles. The molecule has 1 aliphatic rings. The standard InChI is InChI=1S/C20H15N3O4/c1-26-20(25)15-6-2-4-12-8-14(27-18(12)15)11-22-10-13-5-3-7-23-17(13)16(9-21-23)19(22)24/h2-9H,10-11H2,1H3. The highest BCUT2D eigenvalue weighted by Gasteiger charge is 2.28. The molecule has 0 unspecified atom stereocenters. The number of pyridine rings is 1. The third kappa shape index (κ3) is 2.32. The van der Waals surface area contributed by atoms with Gasteiger partial charge in [0.25, 0.3) is 5.91 Å². The van der Waals surface area contributed by atoms with E-state index in [4.69, 9.17) is 9.15 Å². The van der Waals surface area contributed by atoms with Crippen molar-refractivity contribution < 1.29 is 18.7 Å². The van der Waals surface area contributed by atoms with Crippen molar-refractivity contribution in [2.45, 2.75) is 13.1 Å². The number of para-hydroxylation sites is 1. The van der Waals surface area contributed by atoms with Gasteiger partial charge >= 0.3 is 5.97 Å². The molecule has 0 bridgehead atoms. The SMILES string of the molecule is COC(=O)c1cccc2cc(CN3Cc4cccn5ncc(c45)C3=O)oc12. The van der Waals surface area contributed by atoms with Crippen molar-refractivity contribution in [1.29, 1.82) is 0 Å². The maximum Gasteiger partial charge on any atom is 0.341 e. The first-order chi connectivity index (χ1) is 13.2. The molecule has 4 heterocycles. The summed E-state index contributed by atoms with van der Waals surface area (Å²) in [6.07, 6.45) is 3.43. The summed E-state index contributed by atoms with van der Waals surface area (Å²) in [6, 6.07) is 11.1. The summed E-state index contributed by atoms with van der Waals surface area (Å²) in [5.41, 5.74) is 3.32. The molecule has 0 atom stereocenters. The lowest BCUT2D eigenvalue weighted by molar-refractivity contribution is 0.0600. The zero-order chi connectivity index (χ0) is 18.5. The van der Waals surface area contributed by atoms with Gasteiger partial charge in [-0.05, 0) is 23.8 Å². The number of fused-ring (bicyclic) bond motifs is 1. The van der Waals surface area contributed by atoms with Crippen LogP contribution in [0.4, 0.5) is 0 Å². The number of esters is 1. The van der Waals surface area contributed by atoms with E-state index in [1.807, 2.05) is 30.5 Å². The highest BCUT2D eigenvalue weighted by atomic mass is 16.5. The number of rotatable bonds is 3. The lowest BCUT2D eigenvalue weighted by Crippen LogP contribution is -2.33. The molecule has 0 saturated heterocycles. The van der Waals surface area contributed by atoms with E-state index in [-0.39, 0.29) is 5.91 Å². The molecule has 134 valence electrons. The number of nitrogens with zero attached hydrogens (tertiary/aromatic N) is 3. The second kappa shape index (κ2) is 5.70. The third-order valence-corrected chi connectivity index (χ3v) is 4.85. The van der Waals surface area contributed by atoms with Crippen molar-refractivity contribution in [1.82, 2.24) is 14.5 Å². The van der Waals surface area contributed by atoms with E-state index in [1.54, 1.807) is 27.7 Å². The van der Waals surface area contributed by atoms with Crippen LogP contribution in [0.5, 0.6) is 0 Å². The highest BCUT2D eigenvalue weighted by molar-refractivity contribution is 6.03. The van der Waals surface area contributed by atoms with E-state index in [0.717, 1.165) is 16.5 Å². The number of hydrogen-bond acceptors (Lipinski definition) is 5. The van der Waals surface area contributed by atoms with E-state index in [9.17, 15) is 9.59 Å². The molecule has 0 saturated carbocycles. The molecule has 3 aromatic heterocycles. The minimum absolute atomic E-state index is 0.0858. The van der Waals surface area contributed by atoms with Crippen molar-refractivity contribution in [3.63, 3.8) is 0 Å². The maximum atomic E-state index is 12.9. The summed E-state index contributed by atoms with van der Waals surface area (Å²) in [4.78, 5) is 26.5. The Morgan fingerprint density at radius 1 is 1.30 bits per heavy atom. The molecule has 0 spiro atoms. The van der Waals surface area contributed by atoms with Crippen LogP contribution in [-0.4, -0.2) is 33.5 Å². The molecular weight excluding hydrogens is 346 g/mol. The van der Waals surface area contributed by atoms with E-state index in [1.165, 1.54) is 7.11 Å². The Morgan fingerprint density at radius 3 is 3.04 bits per heavy atom. The first kappa shape index (κ1) is 15.6. The van der Waals surface area contributed by atoms with E-state index in [0.29, 0.717) is 35.6 Å². The van der Waals surface area contributed by atoms with Gasteiger partial charge in [-0.2, -0.15) is 5.10 Å². The summed E-state index contributed by atoms with van der Waals surface area (Å²) in [7, 11) is 1.33. The van der Waals surface area contributed by atoms with Crippen LogP contribution in [0.25, 0.3) is 16.5 Å². The Morgan fingerprint density at radius 2 is 2.19 bits per heavy atom. The zero-order valence-corrected chi connectivity index (χ0v) is 14.5. The fraction of sp³-hybridized carbons (Fsp3) is 0.150. The smallest absolute Gasteiger partial charge is 0.341 e. The van der Waals surface area contributed by atoms with Gasteiger partial charge in [-0.25, -0.2) is 9.31 Å². The van der Waals surface area contributed by atoms with Crippen molar-refractivity contribution >= 4 is 28.4 Å². The van der Waals surface area contributed by atoms with Crippen molar-refractivity contribution in [2.75, 3.05) is 7.11 Å². The topological polar surface area (TPSA) is 77.1 Å². The molecule has 4 aromatic rings. The number of hydrogen-bond donors (Lipinski definition) is 0. The fourth-order valence-electron chi connectivity index (χ4n) is 3.63. The minimum Gasteiger partial charge on any atom is -0.465 e. The number of carbonyl (C=O) groups excluding carboxylic acids is 2. The second-order valence-electron chi connectivity index (χ2n) is 6.47. The number of aromatic nitrogens is 2. The summed E-state index contributed by atoms with van der Waals surface area (Å²) in [6.45, 7) is 0.780. The molecule has 0 fully saturated rings. The van der Waals surface area contributed by atoms with E-state index >= 15 is 0 Å². The van der Waals surface area contributed by atoms with Crippen molar-refractivity contribution in [3.8, 4) is 0 Å². The average Bonchev–Trinajstić information content (AvgIpc) is 3.29. The number of carbonyl (C=O) groups is 2. The maximum absolute atomic E-state index is 12.9. The average molecular weight is 361 g/mol. The Hall–Kier alpha value is -3.61. The monoisotopic (exact) mass is 361 g/mol. The lowest BCUT2D eigenvalue weighted by Gasteiger charge is -2.25. The molecule has 0 radical (unpaired) electrons. The Labute approximate surface area is 153 Å². The Balaban J connectivity index is 1.51. The predicted octanol–water partition coefficient (Wildman–Crippen LogP) is 3.02. The van der Waals surface area contributed by atoms with Crippen molar-refractivity contribution in [2.24, 2.45) is 0 Å². The fourth-order valence-corrected chi connectivity index (χ4v) is 3.63.